The van der Waals surface area contributed by atoms with Gasteiger partial charge in [-0.05, 0) is 74.1 Å². The van der Waals surface area contributed by atoms with Crippen molar-refractivity contribution in [1.82, 2.24) is 0 Å². The van der Waals surface area contributed by atoms with Crippen LogP contribution in [-0.2, 0) is 0 Å². The molecule has 0 bridgehead atoms. The molecular weight excluding hydrogens is 368 g/mol. The molecule has 0 aliphatic rings. The lowest BCUT2D eigenvalue weighted by Crippen LogP contribution is -2.08. The van der Waals surface area contributed by atoms with E-state index in [1.165, 1.54) is 12.1 Å². The number of ether oxygens (including phenoxy) is 2. The molecule has 0 saturated carbocycles. The predicted octanol–water partition coefficient (Wildman–Crippen LogP) is 5.47. The van der Waals surface area contributed by atoms with Gasteiger partial charge in [-0.15, -0.1) is 0 Å². The predicted molar refractivity (Wildman–Crippen MR) is 113 cm³/mol. The summed E-state index contributed by atoms with van der Waals surface area (Å²) >= 11 is 0. The molecule has 0 fully saturated rings. The second-order valence-electron chi connectivity index (χ2n) is 7.62. The lowest BCUT2D eigenvalue weighted by molar-refractivity contribution is 0.0696. The Morgan fingerprint density at radius 2 is 1.66 bits per heavy atom. The van der Waals surface area contributed by atoms with Crippen LogP contribution in [0.25, 0.3) is 0 Å². The third-order valence-corrected chi connectivity index (χ3v) is 4.78. The zero-order valence-electron chi connectivity index (χ0n) is 17.7. The van der Waals surface area contributed by atoms with Gasteiger partial charge < -0.3 is 14.6 Å². The van der Waals surface area contributed by atoms with Crippen molar-refractivity contribution < 1.29 is 24.2 Å². The second-order valence-corrected chi connectivity index (χ2v) is 7.62. The fourth-order valence-corrected chi connectivity index (χ4v) is 3.03. The molecule has 0 aromatic heterocycles. The van der Waals surface area contributed by atoms with E-state index < -0.39 is 5.97 Å². The highest BCUT2D eigenvalue weighted by atomic mass is 16.5. The zero-order valence-corrected chi connectivity index (χ0v) is 17.7. The normalized spacial score (nSPS) is 10.8. The Morgan fingerprint density at radius 1 is 0.966 bits per heavy atom. The maximum atomic E-state index is 12.4. The number of carboxylic acid groups (broad SMARTS) is 1. The Balaban J connectivity index is 1.79. The third kappa shape index (κ3) is 6.63. The van der Waals surface area contributed by atoms with Crippen LogP contribution in [-0.4, -0.2) is 30.1 Å². The SMILES string of the molecule is Cc1c(OCCCCOc2cccc(C(=O)O)c2)ccc(C(=O)CC(C)C)c1C. The van der Waals surface area contributed by atoms with Gasteiger partial charge in [0.1, 0.15) is 11.5 Å². The van der Waals surface area contributed by atoms with Crippen molar-refractivity contribution in [3.05, 3.63) is 58.7 Å². The zero-order chi connectivity index (χ0) is 21.4. The highest BCUT2D eigenvalue weighted by molar-refractivity contribution is 5.98. The molecule has 0 unspecified atom stereocenters. The van der Waals surface area contributed by atoms with Gasteiger partial charge in [-0.3, -0.25) is 4.79 Å². The quantitative estimate of drug-likeness (QED) is 0.401. The van der Waals surface area contributed by atoms with Crippen molar-refractivity contribution >= 4 is 11.8 Å². The maximum absolute atomic E-state index is 12.4. The molecule has 156 valence electrons. The van der Waals surface area contributed by atoms with E-state index in [1.54, 1.807) is 12.1 Å². The van der Waals surface area contributed by atoms with Gasteiger partial charge in [-0.2, -0.15) is 0 Å². The number of carboxylic acids is 1. The lowest BCUT2D eigenvalue weighted by atomic mass is 9.95. The molecule has 5 nitrogen and oxygen atoms in total. The Hall–Kier alpha value is -2.82. The number of unbranched alkanes of at least 4 members (excludes halogenated alkanes) is 1. The van der Waals surface area contributed by atoms with Crippen LogP contribution >= 0.6 is 0 Å². The summed E-state index contributed by atoms with van der Waals surface area (Å²) in [5.74, 6) is 0.910. The van der Waals surface area contributed by atoms with Gasteiger partial charge in [0.25, 0.3) is 0 Å². The minimum Gasteiger partial charge on any atom is -0.494 e. The molecular formula is C24H30O5. The van der Waals surface area contributed by atoms with Gasteiger partial charge in [0.15, 0.2) is 5.78 Å². The Morgan fingerprint density at radius 3 is 2.31 bits per heavy atom. The largest absolute Gasteiger partial charge is 0.494 e. The topological polar surface area (TPSA) is 72.8 Å². The number of carbonyl (C=O) groups is 2. The van der Waals surface area contributed by atoms with Crippen LogP contribution in [0.1, 0.15) is 65.0 Å². The number of ketones is 1. The van der Waals surface area contributed by atoms with E-state index >= 15 is 0 Å². The summed E-state index contributed by atoms with van der Waals surface area (Å²) in [5, 5.41) is 9.00. The molecule has 0 saturated heterocycles. The molecule has 0 aliphatic carbocycles. The molecule has 0 atom stereocenters. The Labute approximate surface area is 172 Å². The smallest absolute Gasteiger partial charge is 0.335 e. The van der Waals surface area contributed by atoms with Crippen molar-refractivity contribution in [1.29, 1.82) is 0 Å². The fourth-order valence-electron chi connectivity index (χ4n) is 3.03. The summed E-state index contributed by atoms with van der Waals surface area (Å²) in [7, 11) is 0. The summed E-state index contributed by atoms with van der Waals surface area (Å²) in [4.78, 5) is 23.3. The van der Waals surface area contributed by atoms with Crippen molar-refractivity contribution in [2.24, 2.45) is 5.92 Å². The molecule has 2 aromatic rings. The average Bonchev–Trinajstić information content (AvgIpc) is 2.67. The summed E-state index contributed by atoms with van der Waals surface area (Å²) in [6.45, 7) is 9.09. The first kappa shape index (κ1) is 22.5. The standard InChI is InChI=1S/C24H30O5/c1-16(2)14-22(25)21-10-11-23(18(4)17(21)3)29-13-6-5-12-28-20-9-7-8-19(15-20)24(26)27/h7-11,15-16H,5-6,12-14H2,1-4H3,(H,26,27). The minimum absolute atomic E-state index is 0.177. The van der Waals surface area contributed by atoms with E-state index in [0.29, 0.717) is 31.3 Å². The molecule has 0 amide bonds. The summed E-state index contributed by atoms with van der Waals surface area (Å²) < 4.78 is 11.5. The van der Waals surface area contributed by atoms with Gasteiger partial charge in [0.2, 0.25) is 0 Å². The number of aromatic carboxylic acids is 1. The van der Waals surface area contributed by atoms with Gasteiger partial charge in [-0.25, -0.2) is 4.79 Å². The van der Waals surface area contributed by atoms with Crippen molar-refractivity contribution in [2.75, 3.05) is 13.2 Å². The maximum Gasteiger partial charge on any atom is 0.335 e. The molecule has 0 heterocycles. The summed E-state index contributed by atoms with van der Waals surface area (Å²) in [6, 6.07) is 10.2. The third-order valence-electron chi connectivity index (χ3n) is 4.78. The van der Waals surface area contributed by atoms with Crippen LogP contribution in [0.4, 0.5) is 0 Å². The van der Waals surface area contributed by atoms with Crippen LogP contribution in [0.2, 0.25) is 0 Å². The van der Waals surface area contributed by atoms with E-state index in [-0.39, 0.29) is 11.3 Å². The van der Waals surface area contributed by atoms with E-state index in [1.807, 2.05) is 39.8 Å². The first-order valence-electron chi connectivity index (χ1n) is 10.0. The molecule has 2 rings (SSSR count). The van der Waals surface area contributed by atoms with Gasteiger partial charge in [0.05, 0.1) is 18.8 Å². The molecule has 29 heavy (non-hydrogen) atoms. The number of carbonyl (C=O) groups excluding carboxylic acids is 1. The number of hydrogen-bond acceptors (Lipinski definition) is 4. The highest BCUT2D eigenvalue weighted by Crippen LogP contribution is 2.26. The Kier molecular flexibility index (Phi) is 8.25. The molecule has 0 spiro atoms. The van der Waals surface area contributed by atoms with E-state index in [2.05, 4.69) is 0 Å². The molecule has 2 aromatic carbocycles. The van der Waals surface area contributed by atoms with Gasteiger partial charge >= 0.3 is 5.97 Å². The number of benzene rings is 2. The highest BCUT2D eigenvalue weighted by Gasteiger charge is 2.14. The molecule has 1 N–H and O–H groups in total. The average molecular weight is 398 g/mol. The second kappa shape index (κ2) is 10.6. The van der Waals surface area contributed by atoms with E-state index in [4.69, 9.17) is 14.6 Å². The lowest BCUT2D eigenvalue weighted by Gasteiger charge is -2.15. The molecule has 5 heteroatoms. The van der Waals surface area contributed by atoms with Crippen molar-refractivity contribution in [3.63, 3.8) is 0 Å². The van der Waals surface area contributed by atoms with Crippen molar-refractivity contribution in [2.45, 2.75) is 47.0 Å². The first-order chi connectivity index (χ1) is 13.8. The van der Waals surface area contributed by atoms with Gasteiger partial charge in [0, 0.05) is 12.0 Å². The van der Waals surface area contributed by atoms with E-state index in [9.17, 15) is 9.59 Å². The fraction of sp³-hybridized carbons (Fsp3) is 0.417. The molecule has 0 radical (unpaired) electrons. The first-order valence-corrected chi connectivity index (χ1v) is 10.0. The minimum atomic E-state index is -0.966. The van der Waals surface area contributed by atoms with Crippen LogP contribution < -0.4 is 9.47 Å². The number of hydrogen-bond donors (Lipinski definition) is 1. The van der Waals surface area contributed by atoms with Crippen molar-refractivity contribution in [3.8, 4) is 11.5 Å². The number of Topliss-reactive ketones (excluding diaryl/α,β-unsaturated/α-hetero) is 1. The van der Waals surface area contributed by atoms with Crippen LogP contribution in [0.3, 0.4) is 0 Å². The number of rotatable bonds is 11. The monoisotopic (exact) mass is 398 g/mol. The van der Waals surface area contributed by atoms with Crippen LogP contribution in [0.5, 0.6) is 11.5 Å². The summed E-state index contributed by atoms with van der Waals surface area (Å²) in [6.07, 6.45) is 2.15. The van der Waals surface area contributed by atoms with E-state index in [0.717, 1.165) is 35.3 Å². The molecule has 0 aliphatic heterocycles. The summed E-state index contributed by atoms with van der Waals surface area (Å²) in [5.41, 5.74) is 2.98. The van der Waals surface area contributed by atoms with Crippen LogP contribution in [0.15, 0.2) is 36.4 Å². The van der Waals surface area contributed by atoms with Gasteiger partial charge in [-0.1, -0.05) is 19.9 Å². The van der Waals surface area contributed by atoms with Crippen LogP contribution in [0, 0.1) is 19.8 Å². The Bertz CT molecular complexity index is 854.